The number of carbonyl (C=O) groups is 1. The average molecular weight is 373 g/mol. The molecule has 0 bridgehead atoms. The van der Waals surface area contributed by atoms with Gasteiger partial charge in [-0.1, -0.05) is 18.2 Å². The second kappa shape index (κ2) is 8.29. The van der Waals surface area contributed by atoms with Gasteiger partial charge in [0.1, 0.15) is 6.10 Å². The van der Waals surface area contributed by atoms with Crippen LogP contribution in [0.1, 0.15) is 39.0 Å². The Morgan fingerprint density at radius 1 is 1.11 bits per heavy atom. The molecule has 0 aromatic heterocycles. The van der Waals surface area contributed by atoms with Crippen molar-refractivity contribution in [1.82, 2.24) is 4.90 Å². The third kappa shape index (κ3) is 4.36. The van der Waals surface area contributed by atoms with Gasteiger partial charge in [0, 0.05) is 32.0 Å². The van der Waals surface area contributed by atoms with Gasteiger partial charge in [0.2, 0.25) is 0 Å². The molecule has 4 rings (SSSR count). The lowest BCUT2D eigenvalue weighted by atomic mass is 9.87. The lowest BCUT2D eigenvalue weighted by molar-refractivity contribution is -0.161. The van der Waals surface area contributed by atoms with E-state index in [1.165, 1.54) is 25.8 Å². The van der Waals surface area contributed by atoms with Crippen molar-refractivity contribution < 1.29 is 14.3 Å². The Hall–Kier alpha value is -1.43. The molecule has 0 aliphatic carbocycles. The number of amides is 1. The molecule has 0 saturated carbocycles. The molecule has 1 amide bonds. The van der Waals surface area contributed by atoms with Crippen LogP contribution in [0.3, 0.4) is 0 Å². The van der Waals surface area contributed by atoms with E-state index in [-0.39, 0.29) is 17.6 Å². The molecule has 1 unspecified atom stereocenters. The van der Waals surface area contributed by atoms with Gasteiger partial charge in [-0.15, -0.1) is 0 Å². The van der Waals surface area contributed by atoms with E-state index in [2.05, 4.69) is 4.90 Å². The highest BCUT2D eigenvalue weighted by Gasteiger charge is 2.45. The molecule has 3 aliphatic rings. The van der Waals surface area contributed by atoms with Gasteiger partial charge >= 0.3 is 0 Å². The molecule has 1 aromatic rings. The molecule has 1 spiro atoms. The number of carbonyl (C=O) groups excluding carboxylic acids is 1. The fourth-order valence-electron chi connectivity index (χ4n) is 4.74. The predicted octanol–water partition coefficient (Wildman–Crippen LogP) is 3.09. The number of para-hydroxylation sites is 1. The fraction of sp³-hybridized carbons (Fsp3) is 0.682. The van der Waals surface area contributed by atoms with Gasteiger partial charge in [-0.3, -0.25) is 4.79 Å². The summed E-state index contributed by atoms with van der Waals surface area (Å²) in [5.41, 5.74) is 0.789. The van der Waals surface area contributed by atoms with E-state index in [9.17, 15) is 4.79 Å². The zero-order valence-corrected chi connectivity index (χ0v) is 16.4. The first-order valence-electron chi connectivity index (χ1n) is 10.5. The summed E-state index contributed by atoms with van der Waals surface area (Å²) in [6, 6.07) is 10.0. The van der Waals surface area contributed by atoms with Crippen LogP contribution in [0, 0.1) is 5.92 Å². The average Bonchev–Trinajstić information content (AvgIpc) is 2.72. The van der Waals surface area contributed by atoms with Gasteiger partial charge in [0.05, 0.1) is 12.1 Å². The van der Waals surface area contributed by atoms with Crippen molar-refractivity contribution >= 4 is 11.6 Å². The number of hydrogen-bond acceptors (Lipinski definition) is 4. The molecular formula is C22H32N2O3. The van der Waals surface area contributed by atoms with Gasteiger partial charge in [0.25, 0.3) is 5.91 Å². The molecule has 148 valence electrons. The van der Waals surface area contributed by atoms with Crippen LogP contribution in [0.2, 0.25) is 0 Å². The molecule has 27 heavy (non-hydrogen) atoms. The summed E-state index contributed by atoms with van der Waals surface area (Å²) in [5, 5.41) is 0. The summed E-state index contributed by atoms with van der Waals surface area (Å²) < 4.78 is 11.8. The van der Waals surface area contributed by atoms with Crippen LogP contribution < -0.4 is 4.90 Å². The number of piperidine rings is 1. The first-order valence-corrected chi connectivity index (χ1v) is 10.5. The number of hydrogen-bond donors (Lipinski definition) is 0. The Kier molecular flexibility index (Phi) is 5.81. The van der Waals surface area contributed by atoms with Crippen LogP contribution in [0.15, 0.2) is 30.3 Å². The number of rotatable bonds is 4. The number of likely N-dealkylation sites (tertiary alicyclic amines) is 1. The zero-order valence-electron chi connectivity index (χ0n) is 16.4. The van der Waals surface area contributed by atoms with E-state index in [1.807, 2.05) is 42.2 Å². The van der Waals surface area contributed by atoms with Crippen molar-refractivity contribution in [2.24, 2.45) is 5.92 Å². The molecular weight excluding hydrogens is 340 g/mol. The number of ether oxygens (including phenoxy) is 2. The minimum atomic E-state index is -0.368. The lowest BCUT2D eigenvalue weighted by Crippen LogP contribution is -2.61. The molecule has 0 N–H and O–H groups in total. The quantitative estimate of drug-likeness (QED) is 0.815. The third-order valence-corrected chi connectivity index (χ3v) is 6.52. The van der Waals surface area contributed by atoms with Crippen molar-refractivity contribution in [2.75, 3.05) is 44.3 Å². The lowest BCUT2D eigenvalue weighted by Gasteiger charge is -2.49. The molecule has 3 aliphatic heterocycles. The topological polar surface area (TPSA) is 42.0 Å². The van der Waals surface area contributed by atoms with Crippen molar-refractivity contribution in [1.29, 1.82) is 0 Å². The van der Waals surface area contributed by atoms with Crippen LogP contribution >= 0.6 is 0 Å². The monoisotopic (exact) mass is 372 g/mol. The van der Waals surface area contributed by atoms with Gasteiger partial charge in [0.15, 0.2) is 0 Å². The van der Waals surface area contributed by atoms with Crippen molar-refractivity contribution in [2.45, 2.75) is 50.7 Å². The van der Waals surface area contributed by atoms with Gasteiger partial charge < -0.3 is 19.3 Å². The summed E-state index contributed by atoms with van der Waals surface area (Å²) in [6.07, 6.45) is 5.35. The molecule has 3 heterocycles. The maximum Gasteiger partial charge on any atom is 0.255 e. The van der Waals surface area contributed by atoms with E-state index in [0.717, 1.165) is 50.8 Å². The Morgan fingerprint density at radius 3 is 2.52 bits per heavy atom. The molecule has 0 radical (unpaired) electrons. The van der Waals surface area contributed by atoms with Crippen molar-refractivity contribution in [3.05, 3.63) is 30.3 Å². The van der Waals surface area contributed by atoms with Crippen molar-refractivity contribution in [3.63, 3.8) is 0 Å². The number of anilines is 1. The number of benzene rings is 1. The largest absolute Gasteiger partial charge is 0.381 e. The van der Waals surface area contributed by atoms with E-state index >= 15 is 0 Å². The Labute approximate surface area is 162 Å². The second-order valence-corrected chi connectivity index (χ2v) is 8.39. The van der Waals surface area contributed by atoms with E-state index in [1.54, 1.807) is 0 Å². The van der Waals surface area contributed by atoms with E-state index in [0.29, 0.717) is 6.54 Å². The van der Waals surface area contributed by atoms with Crippen LogP contribution in [-0.2, 0) is 14.3 Å². The smallest absolute Gasteiger partial charge is 0.255 e. The maximum absolute atomic E-state index is 12.7. The minimum Gasteiger partial charge on any atom is -0.381 e. The van der Waals surface area contributed by atoms with Gasteiger partial charge in [-0.25, -0.2) is 0 Å². The number of morpholine rings is 1. The van der Waals surface area contributed by atoms with E-state index < -0.39 is 0 Å². The summed E-state index contributed by atoms with van der Waals surface area (Å²) in [5.74, 6) is 0.903. The van der Waals surface area contributed by atoms with Crippen LogP contribution in [-0.4, -0.2) is 61.9 Å². The predicted molar refractivity (Wildman–Crippen MR) is 106 cm³/mol. The van der Waals surface area contributed by atoms with Gasteiger partial charge in [-0.05, 0) is 63.6 Å². The summed E-state index contributed by atoms with van der Waals surface area (Å²) in [4.78, 5) is 17.2. The number of nitrogens with zero attached hydrogens (tertiary/aromatic N) is 2. The van der Waals surface area contributed by atoms with Crippen LogP contribution in [0.25, 0.3) is 0 Å². The Morgan fingerprint density at radius 2 is 1.81 bits per heavy atom. The maximum atomic E-state index is 12.7. The van der Waals surface area contributed by atoms with Crippen LogP contribution in [0.4, 0.5) is 5.69 Å². The highest BCUT2D eigenvalue weighted by Crippen LogP contribution is 2.35. The van der Waals surface area contributed by atoms with Crippen molar-refractivity contribution in [3.8, 4) is 0 Å². The Balaban J connectivity index is 1.34. The van der Waals surface area contributed by atoms with Gasteiger partial charge in [-0.2, -0.15) is 0 Å². The fourth-order valence-corrected chi connectivity index (χ4v) is 4.74. The standard InChI is InChI=1S/C22H32N2O3/c1-18-21(25)24(20-5-3-2-4-6-20)17-22(27-18)10-13-23(14-11-22)12-7-19-8-15-26-16-9-19/h2-6,18-19H,7-17H2,1H3. The summed E-state index contributed by atoms with van der Waals surface area (Å²) in [6.45, 7) is 7.74. The molecule has 5 nitrogen and oxygen atoms in total. The second-order valence-electron chi connectivity index (χ2n) is 8.39. The highest BCUT2D eigenvalue weighted by molar-refractivity contribution is 5.97. The molecule has 5 heteroatoms. The molecule has 1 atom stereocenters. The summed E-state index contributed by atoms with van der Waals surface area (Å²) >= 11 is 0. The first kappa shape index (κ1) is 18.9. The first-order chi connectivity index (χ1) is 13.2. The molecule has 3 saturated heterocycles. The summed E-state index contributed by atoms with van der Waals surface area (Å²) in [7, 11) is 0. The third-order valence-electron chi connectivity index (χ3n) is 6.52. The molecule has 1 aromatic carbocycles. The molecule has 3 fully saturated rings. The zero-order chi connectivity index (χ0) is 18.7. The Bertz CT molecular complexity index is 622. The van der Waals surface area contributed by atoms with E-state index in [4.69, 9.17) is 9.47 Å². The SMILES string of the molecule is CC1OC2(CCN(CCC3CCOCC3)CC2)CN(c2ccccc2)C1=O. The normalized spacial score (nSPS) is 27.2. The minimum absolute atomic E-state index is 0.0776. The highest BCUT2D eigenvalue weighted by atomic mass is 16.5. The van der Waals surface area contributed by atoms with Crippen LogP contribution in [0.5, 0.6) is 0 Å².